The number of hydrogen-bond donors (Lipinski definition) is 1. The van der Waals surface area contributed by atoms with Gasteiger partial charge in [-0.05, 0) is 39.7 Å². The van der Waals surface area contributed by atoms with Crippen molar-refractivity contribution in [3.8, 4) is 0 Å². The van der Waals surface area contributed by atoms with E-state index in [1.165, 1.54) is 18.3 Å². The fraction of sp³-hybridized carbons (Fsp3) is 0.0588. The first-order valence-corrected chi connectivity index (χ1v) is 7.64. The third-order valence-electron chi connectivity index (χ3n) is 3.21. The van der Waals surface area contributed by atoms with E-state index in [0.717, 1.165) is 5.56 Å². The van der Waals surface area contributed by atoms with Crippen molar-refractivity contribution >= 4 is 38.6 Å². The number of benzene rings is 2. The molecule has 0 fully saturated rings. The highest BCUT2D eigenvalue weighted by Gasteiger charge is 2.11. The summed E-state index contributed by atoms with van der Waals surface area (Å²) in [6.45, 7) is 0.160. The summed E-state index contributed by atoms with van der Waals surface area (Å²) in [4.78, 5) is 16.1. The molecule has 1 N–H and O–H groups in total. The number of nitrogens with zero attached hydrogens (tertiary/aromatic N) is 1. The molecule has 0 radical (unpaired) electrons. The number of fused-ring (bicyclic) bond motifs is 1. The second kappa shape index (κ2) is 6.75. The molecule has 2 aromatic carbocycles. The smallest absolute Gasteiger partial charge is 0.411 e. The van der Waals surface area contributed by atoms with Crippen molar-refractivity contribution in [2.45, 2.75) is 6.61 Å². The van der Waals surface area contributed by atoms with E-state index >= 15 is 0 Å². The van der Waals surface area contributed by atoms with Crippen LogP contribution in [0.5, 0.6) is 0 Å². The van der Waals surface area contributed by atoms with Gasteiger partial charge in [0.1, 0.15) is 12.4 Å². The lowest BCUT2D eigenvalue weighted by atomic mass is 10.2. The predicted octanol–water partition coefficient (Wildman–Crippen LogP) is 4.89. The summed E-state index contributed by atoms with van der Waals surface area (Å²) in [7, 11) is 0. The molecule has 1 heterocycles. The van der Waals surface area contributed by atoms with E-state index in [4.69, 9.17) is 4.74 Å². The summed E-state index contributed by atoms with van der Waals surface area (Å²) in [6, 6.07) is 13.6. The molecule has 0 bridgehead atoms. The summed E-state index contributed by atoms with van der Waals surface area (Å²) < 4.78 is 19.3. The third-order valence-corrected chi connectivity index (χ3v) is 3.82. The zero-order chi connectivity index (χ0) is 16.2. The number of carbonyl (C=O) groups excluding carboxylic acids is 1. The van der Waals surface area contributed by atoms with Crippen LogP contribution in [0.1, 0.15) is 5.56 Å². The van der Waals surface area contributed by atoms with Crippen molar-refractivity contribution in [2.75, 3.05) is 5.32 Å². The Labute approximate surface area is 140 Å². The van der Waals surface area contributed by atoms with Gasteiger partial charge < -0.3 is 4.74 Å². The van der Waals surface area contributed by atoms with Crippen molar-refractivity contribution < 1.29 is 13.9 Å². The molecule has 0 aliphatic carbocycles. The average molecular weight is 375 g/mol. The number of halogens is 2. The van der Waals surface area contributed by atoms with Crippen LogP contribution >= 0.6 is 15.9 Å². The molecule has 0 spiro atoms. The Kier molecular flexibility index (Phi) is 4.52. The van der Waals surface area contributed by atoms with E-state index in [1.54, 1.807) is 6.07 Å². The summed E-state index contributed by atoms with van der Waals surface area (Å²) in [6.07, 6.45) is 0.930. The third kappa shape index (κ3) is 3.65. The van der Waals surface area contributed by atoms with Crippen LogP contribution in [0.25, 0.3) is 10.9 Å². The number of pyridine rings is 1. The lowest BCUT2D eigenvalue weighted by Gasteiger charge is -2.10. The molecule has 0 saturated carbocycles. The van der Waals surface area contributed by atoms with Gasteiger partial charge in [-0.25, -0.2) is 9.18 Å². The molecular weight excluding hydrogens is 363 g/mol. The Morgan fingerprint density at radius 1 is 1.22 bits per heavy atom. The highest BCUT2D eigenvalue weighted by molar-refractivity contribution is 9.10. The van der Waals surface area contributed by atoms with Crippen molar-refractivity contribution in [1.82, 2.24) is 4.98 Å². The fourth-order valence-corrected chi connectivity index (χ4v) is 2.69. The minimum absolute atomic E-state index is 0.160. The number of rotatable bonds is 3. The number of amides is 1. The predicted molar refractivity (Wildman–Crippen MR) is 89.7 cm³/mol. The molecule has 0 aliphatic rings. The Bertz CT molecular complexity index is 856. The lowest BCUT2D eigenvalue weighted by molar-refractivity contribution is 0.155. The maximum atomic E-state index is 13.6. The van der Waals surface area contributed by atoms with Crippen molar-refractivity contribution in [2.24, 2.45) is 0 Å². The zero-order valence-corrected chi connectivity index (χ0v) is 13.5. The van der Waals surface area contributed by atoms with Gasteiger partial charge in [0, 0.05) is 16.1 Å². The largest absolute Gasteiger partial charge is 0.444 e. The lowest BCUT2D eigenvalue weighted by Crippen LogP contribution is -2.14. The van der Waals surface area contributed by atoms with Gasteiger partial charge in [-0.3, -0.25) is 10.3 Å². The molecule has 1 aromatic heterocycles. The minimum atomic E-state index is -0.610. The van der Waals surface area contributed by atoms with E-state index in [9.17, 15) is 9.18 Å². The van der Waals surface area contributed by atoms with E-state index in [0.29, 0.717) is 21.1 Å². The Hall–Kier alpha value is -2.47. The van der Waals surface area contributed by atoms with Gasteiger partial charge in [-0.15, -0.1) is 0 Å². The van der Waals surface area contributed by atoms with Gasteiger partial charge in [-0.2, -0.15) is 0 Å². The first-order valence-electron chi connectivity index (χ1n) is 6.85. The Morgan fingerprint density at radius 2 is 2.00 bits per heavy atom. The summed E-state index contributed by atoms with van der Waals surface area (Å²) >= 11 is 3.26. The van der Waals surface area contributed by atoms with Gasteiger partial charge in [0.25, 0.3) is 0 Å². The fourth-order valence-electron chi connectivity index (χ4n) is 2.16. The monoisotopic (exact) mass is 374 g/mol. The van der Waals surface area contributed by atoms with Crippen LogP contribution in [0, 0.1) is 5.82 Å². The SMILES string of the molecule is O=C(Nc1ccnc2c(Br)cc(F)cc12)OCc1ccccc1. The van der Waals surface area contributed by atoms with Gasteiger partial charge in [-0.1, -0.05) is 30.3 Å². The molecule has 23 heavy (non-hydrogen) atoms. The number of ether oxygens (including phenoxy) is 1. The molecule has 0 atom stereocenters. The molecule has 0 saturated heterocycles. The highest BCUT2D eigenvalue weighted by Crippen LogP contribution is 2.28. The molecule has 4 nitrogen and oxygen atoms in total. The van der Waals surface area contributed by atoms with Crippen LogP contribution in [-0.4, -0.2) is 11.1 Å². The van der Waals surface area contributed by atoms with Crippen LogP contribution in [0.4, 0.5) is 14.9 Å². The molecule has 0 unspecified atom stereocenters. The normalized spacial score (nSPS) is 10.5. The van der Waals surface area contributed by atoms with Crippen molar-refractivity contribution in [3.63, 3.8) is 0 Å². The molecule has 0 aliphatic heterocycles. The maximum absolute atomic E-state index is 13.6. The zero-order valence-electron chi connectivity index (χ0n) is 11.9. The number of nitrogens with one attached hydrogen (secondary N) is 1. The summed E-state index contributed by atoms with van der Waals surface area (Å²) in [5.41, 5.74) is 1.89. The molecular formula is C17H12BrFN2O2. The Morgan fingerprint density at radius 3 is 2.78 bits per heavy atom. The van der Waals surface area contributed by atoms with Gasteiger partial charge >= 0.3 is 6.09 Å². The van der Waals surface area contributed by atoms with Gasteiger partial charge in [0.05, 0.1) is 11.2 Å². The second-order valence-electron chi connectivity index (χ2n) is 4.83. The van der Waals surface area contributed by atoms with Crippen LogP contribution < -0.4 is 5.32 Å². The maximum Gasteiger partial charge on any atom is 0.411 e. The van der Waals surface area contributed by atoms with Crippen LogP contribution in [0.15, 0.2) is 59.2 Å². The summed E-state index contributed by atoms with van der Waals surface area (Å²) in [5.74, 6) is -0.418. The number of hydrogen-bond acceptors (Lipinski definition) is 3. The minimum Gasteiger partial charge on any atom is -0.444 e. The Balaban J connectivity index is 1.77. The van der Waals surface area contributed by atoms with Crippen molar-refractivity contribution in [3.05, 3.63) is 70.6 Å². The average Bonchev–Trinajstić information content (AvgIpc) is 2.55. The van der Waals surface area contributed by atoms with E-state index in [1.807, 2.05) is 30.3 Å². The van der Waals surface area contributed by atoms with Crippen LogP contribution in [0.3, 0.4) is 0 Å². The van der Waals surface area contributed by atoms with Gasteiger partial charge in [0.2, 0.25) is 0 Å². The first kappa shape index (κ1) is 15.4. The molecule has 1 amide bonds. The van der Waals surface area contributed by atoms with Crippen LogP contribution in [-0.2, 0) is 11.3 Å². The topological polar surface area (TPSA) is 51.2 Å². The first-order chi connectivity index (χ1) is 11.1. The summed E-state index contributed by atoms with van der Waals surface area (Å²) in [5, 5.41) is 3.12. The van der Waals surface area contributed by atoms with Crippen LogP contribution in [0.2, 0.25) is 0 Å². The number of anilines is 1. The number of carbonyl (C=O) groups is 1. The second-order valence-corrected chi connectivity index (χ2v) is 5.68. The standard InChI is InChI=1S/C17H12BrFN2O2/c18-14-9-12(19)8-13-15(6-7-20-16(13)14)21-17(22)23-10-11-4-2-1-3-5-11/h1-9H,10H2,(H,20,21,22). The highest BCUT2D eigenvalue weighted by atomic mass is 79.9. The quantitative estimate of drug-likeness (QED) is 0.710. The van der Waals surface area contributed by atoms with E-state index < -0.39 is 11.9 Å². The van der Waals surface area contributed by atoms with Gasteiger partial charge in [0.15, 0.2) is 0 Å². The van der Waals surface area contributed by atoms with Crippen molar-refractivity contribution in [1.29, 1.82) is 0 Å². The molecule has 116 valence electrons. The molecule has 3 aromatic rings. The number of aromatic nitrogens is 1. The molecule has 3 rings (SSSR count). The van der Waals surface area contributed by atoms with E-state index in [-0.39, 0.29) is 6.61 Å². The molecule has 6 heteroatoms. The van der Waals surface area contributed by atoms with E-state index in [2.05, 4.69) is 26.2 Å².